The normalized spacial score (nSPS) is 12.2. The summed E-state index contributed by atoms with van der Waals surface area (Å²) in [4.78, 5) is 37.9. The van der Waals surface area contributed by atoms with Crippen molar-refractivity contribution < 1.29 is 27.2 Å². The fraction of sp³-hybridized carbons (Fsp3) is 0.179. The second-order valence-corrected chi connectivity index (χ2v) is 10.4. The van der Waals surface area contributed by atoms with Crippen molar-refractivity contribution in [2.45, 2.75) is 24.8 Å². The largest absolute Gasteiger partial charge is 0.476 e. The molecule has 3 aromatic carbocycles. The Morgan fingerprint density at radius 3 is 2.29 bits per heavy atom. The topological polar surface area (TPSA) is 132 Å². The number of Topliss-reactive ketones (excluding diaryl/α,β-unsaturated/α-hetero) is 1. The average molecular weight is 535 g/mol. The number of para-hydroxylation sites is 1. The second kappa shape index (κ2) is 11.4. The smallest absolute Gasteiger partial charge is 0.258 e. The van der Waals surface area contributed by atoms with Crippen molar-refractivity contribution in [3.05, 3.63) is 94.6 Å². The molecule has 2 N–H and O–H groups in total. The highest BCUT2D eigenvalue weighted by molar-refractivity contribution is 7.89. The molecule has 1 aromatic heterocycles. The molecule has 196 valence electrons. The summed E-state index contributed by atoms with van der Waals surface area (Å²) >= 11 is 0. The van der Waals surface area contributed by atoms with Crippen molar-refractivity contribution in [1.29, 1.82) is 0 Å². The van der Waals surface area contributed by atoms with E-state index < -0.39 is 39.8 Å². The van der Waals surface area contributed by atoms with Crippen molar-refractivity contribution in [2.75, 3.05) is 13.2 Å². The summed E-state index contributed by atoms with van der Waals surface area (Å²) in [7, 11) is -3.99. The Hall–Kier alpha value is -4.28. The molecular weight excluding hydrogens is 508 g/mol. The number of carbonyl (C=O) groups excluding carboxylic acids is 2. The second-order valence-electron chi connectivity index (χ2n) is 8.64. The van der Waals surface area contributed by atoms with Crippen molar-refractivity contribution in [3.63, 3.8) is 0 Å². The zero-order chi connectivity index (χ0) is 27.3. The molecule has 1 unspecified atom stereocenters. The minimum Gasteiger partial charge on any atom is -0.476 e. The molecule has 0 saturated heterocycles. The minimum absolute atomic E-state index is 0.000445. The zero-order valence-corrected chi connectivity index (χ0v) is 21.6. The highest BCUT2D eigenvalue weighted by Gasteiger charge is 2.24. The highest BCUT2D eigenvalue weighted by atomic mass is 32.2. The first kappa shape index (κ1) is 26.8. The zero-order valence-electron chi connectivity index (χ0n) is 20.8. The minimum atomic E-state index is -3.99. The van der Waals surface area contributed by atoms with Crippen LogP contribution in [0.15, 0.2) is 93.0 Å². The van der Waals surface area contributed by atoms with Crippen LogP contribution in [-0.2, 0) is 19.6 Å². The van der Waals surface area contributed by atoms with Crippen LogP contribution in [0.25, 0.3) is 22.3 Å². The number of nitrogens with one attached hydrogen (secondary N) is 2. The maximum Gasteiger partial charge on any atom is 0.258 e. The Bertz CT molecular complexity index is 1630. The third-order valence-electron chi connectivity index (χ3n) is 5.76. The van der Waals surface area contributed by atoms with Crippen LogP contribution in [0.5, 0.6) is 5.75 Å². The third kappa shape index (κ3) is 6.16. The first-order valence-corrected chi connectivity index (χ1v) is 13.2. The van der Waals surface area contributed by atoms with Crippen LogP contribution < -0.4 is 20.2 Å². The van der Waals surface area contributed by atoms with Crippen LogP contribution in [-0.4, -0.2) is 39.3 Å². The Morgan fingerprint density at radius 1 is 0.947 bits per heavy atom. The molecule has 0 aliphatic heterocycles. The average Bonchev–Trinajstić information content (AvgIpc) is 2.91. The van der Waals surface area contributed by atoms with Crippen LogP contribution >= 0.6 is 0 Å². The van der Waals surface area contributed by atoms with E-state index in [0.29, 0.717) is 16.5 Å². The SMILES string of the molecule is CC(=O)C(CNC(=O)COc1c(-c2ccccc2)oc2ccccc2c1=O)NS(=O)(=O)c1ccc(C)cc1. The maximum absolute atomic E-state index is 13.2. The number of ether oxygens (including phenoxy) is 1. The molecule has 1 atom stereocenters. The summed E-state index contributed by atoms with van der Waals surface area (Å²) in [5.74, 6) is -1.09. The summed E-state index contributed by atoms with van der Waals surface area (Å²) in [5, 5.41) is 2.79. The summed E-state index contributed by atoms with van der Waals surface area (Å²) in [6, 6.07) is 20.5. The van der Waals surface area contributed by atoms with Crippen LogP contribution in [0.4, 0.5) is 0 Å². The summed E-state index contributed by atoms with van der Waals surface area (Å²) in [6.07, 6.45) is 0. The predicted molar refractivity (Wildman–Crippen MR) is 142 cm³/mol. The molecule has 4 aromatic rings. The Kier molecular flexibility index (Phi) is 8.04. The van der Waals surface area contributed by atoms with Gasteiger partial charge in [-0.15, -0.1) is 0 Å². The van der Waals surface area contributed by atoms with Crippen LogP contribution in [0.1, 0.15) is 12.5 Å². The van der Waals surface area contributed by atoms with Gasteiger partial charge in [0.15, 0.2) is 12.4 Å². The van der Waals surface area contributed by atoms with Gasteiger partial charge >= 0.3 is 0 Å². The molecule has 9 nitrogen and oxygen atoms in total. The summed E-state index contributed by atoms with van der Waals surface area (Å²) in [6.45, 7) is 2.18. The Morgan fingerprint density at radius 2 is 1.61 bits per heavy atom. The van der Waals surface area contributed by atoms with Crippen molar-refractivity contribution in [1.82, 2.24) is 10.0 Å². The first-order valence-electron chi connectivity index (χ1n) is 11.8. The molecule has 38 heavy (non-hydrogen) atoms. The summed E-state index contributed by atoms with van der Waals surface area (Å²) in [5.41, 5.74) is 1.41. The van der Waals surface area contributed by atoms with Gasteiger partial charge in [-0.3, -0.25) is 14.4 Å². The first-order chi connectivity index (χ1) is 18.2. The quantitative estimate of drug-likeness (QED) is 0.319. The van der Waals surface area contributed by atoms with Gasteiger partial charge in [0.1, 0.15) is 11.4 Å². The molecule has 1 amide bonds. The van der Waals surface area contributed by atoms with E-state index in [2.05, 4.69) is 10.0 Å². The van der Waals surface area contributed by atoms with Crippen LogP contribution in [0.3, 0.4) is 0 Å². The van der Waals surface area contributed by atoms with Gasteiger partial charge < -0.3 is 14.5 Å². The van der Waals surface area contributed by atoms with E-state index in [1.165, 1.54) is 19.1 Å². The molecule has 10 heteroatoms. The number of aryl methyl sites for hydroxylation is 1. The van der Waals surface area contributed by atoms with Gasteiger partial charge in [-0.2, -0.15) is 4.72 Å². The van der Waals surface area contributed by atoms with E-state index in [4.69, 9.17) is 9.15 Å². The fourth-order valence-corrected chi connectivity index (χ4v) is 4.94. The lowest BCUT2D eigenvalue weighted by molar-refractivity contribution is -0.123. The number of benzene rings is 3. The lowest BCUT2D eigenvalue weighted by Gasteiger charge is -2.17. The summed E-state index contributed by atoms with van der Waals surface area (Å²) < 4.78 is 39.3. The molecule has 0 radical (unpaired) electrons. The molecule has 1 heterocycles. The van der Waals surface area contributed by atoms with Gasteiger partial charge in [0.05, 0.1) is 16.3 Å². The number of carbonyl (C=O) groups is 2. The molecule has 0 aliphatic carbocycles. The number of rotatable bonds is 10. The van der Waals surface area contributed by atoms with Crippen molar-refractivity contribution in [2.24, 2.45) is 0 Å². The van der Waals surface area contributed by atoms with Gasteiger partial charge in [-0.05, 0) is 38.1 Å². The number of sulfonamides is 1. The van der Waals surface area contributed by atoms with E-state index in [9.17, 15) is 22.8 Å². The van der Waals surface area contributed by atoms with E-state index in [-0.39, 0.29) is 22.9 Å². The predicted octanol–water partition coefficient (Wildman–Crippen LogP) is 3.20. The molecule has 0 spiro atoms. The van der Waals surface area contributed by atoms with Crippen LogP contribution in [0.2, 0.25) is 0 Å². The van der Waals surface area contributed by atoms with Gasteiger partial charge in [0, 0.05) is 12.1 Å². The third-order valence-corrected chi connectivity index (χ3v) is 7.25. The van der Waals surface area contributed by atoms with Gasteiger partial charge in [-0.25, -0.2) is 8.42 Å². The molecule has 0 aliphatic rings. The number of fused-ring (bicyclic) bond motifs is 1. The lowest BCUT2D eigenvalue weighted by atomic mass is 10.1. The molecule has 0 bridgehead atoms. The highest BCUT2D eigenvalue weighted by Crippen LogP contribution is 2.30. The Balaban J connectivity index is 1.48. The van der Waals surface area contributed by atoms with Gasteiger partial charge in [0.2, 0.25) is 21.2 Å². The van der Waals surface area contributed by atoms with Crippen molar-refractivity contribution in [3.8, 4) is 17.1 Å². The lowest BCUT2D eigenvalue weighted by Crippen LogP contribution is -2.48. The van der Waals surface area contributed by atoms with Crippen LogP contribution in [0, 0.1) is 6.92 Å². The monoisotopic (exact) mass is 534 g/mol. The van der Waals surface area contributed by atoms with E-state index in [0.717, 1.165) is 5.56 Å². The molecule has 0 saturated carbocycles. The number of ketones is 1. The molecule has 4 rings (SSSR count). The number of hydrogen-bond acceptors (Lipinski definition) is 7. The van der Waals surface area contributed by atoms with Gasteiger partial charge in [0.25, 0.3) is 5.91 Å². The molecular formula is C28H26N2O7S. The molecule has 0 fully saturated rings. The number of amides is 1. The van der Waals surface area contributed by atoms with Gasteiger partial charge in [-0.1, -0.05) is 60.2 Å². The van der Waals surface area contributed by atoms with E-state index >= 15 is 0 Å². The Labute approximate surface area is 219 Å². The fourth-order valence-electron chi connectivity index (χ4n) is 3.68. The van der Waals surface area contributed by atoms with E-state index in [1.54, 1.807) is 60.7 Å². The maximum atomic E-state index is 13.2. The van der Waals surface area contributed by atoms with Crippen molar-refractivity contribution >= 4 is 32.7 Å². The standard InChI is InChI=1S/C28H26N2O7S/c1-18-12-14-21(15-13-18)38(34,35)30-23(19(2)31)16-29-25(32)17-36-28-26(33)22-10-6-7-11-24(22)37-27(28)20-8-4-3-5-9-20/h3-15,23,30H,16-17H2,1-2H3,(H,29,32). The van der Waals surface area contributed by atoms with E-state index in [1.807, 2.05) is 13.0 Å². The number of hydrogen-bond donors (Lipinski definition) is 2.